The van der Waals surface area contributed by atoms with E-state index in [1.165, 1.54) is 0 Å². The van der Waals surface area contributed by atoms with E-state index in [1.54, 1.807) is 13.2 Å². The van der Waals surface area contributed by atoms with E-state index in [-0.39, 0.29) is 13.2 Å². The van der Waals surface area contributed by atoms with Gasteiger partial charge in [0.15, 0.2) is 0 Å². The van der Waals surface area contributed by atoms with Crippen LogP contribution >= 0.6 is 0 Å². The lowest BCUT2D eigenvalue weighted by Gasteiger charge is -2.09. The molecule has 0 aliphatic rings. The van der Waals surface area contributed by atoms with Gasteiger partial charge in [0.1, 0.15) is 0 Å². The van der Waals surface area contributed by atoms with Crippen LogP contribution in [0.4, 0.5) is 0 Å². The van der Waals surface area contributed by atoms with Gasteiger partial charge in [0.05, 0.1) is 165 Å². The number of methoxy groups -OCH3 is 1. The van der Waals surface area contributed by atoms with Gasteiger partial charge in [-0.2, -0.15) is 0 Å². The summed E-state index contributed by atoms with van der Waals surface area (Å²) in [6.07, 6.45) is 1.71. The molecule has 42 heavy (non-hydrogen) atoms. The third-order valence-corrected chi connectivity index (χ3v) is 4.48. The van der Waals surface area contributed by atoms with Crippen LogP contribution in [0.15, 0.2) is 12.7 Å². The molecular weight excluding hydrogens is 560 g/mol. The Bertz CT molecular complexity index is 428. The second-order valence-corrected chi connectivity index (χ2v) is 7.93. The Morgan fingerprint density at radius 2 is 0.524 bits per heavy atom. The van der Waals surface area contributed by atoms with Gasteiger partial charge >= 0.3 is 0 Å². The van der Waals surface area contributed by atoms with E-state index in [1.807, 2.05) is 0 Å². The molecule has 254 valence electrons. The lowest BCUT2D eigenvalue weighted by Crippen LogP contribution is -2.15. The lowest BCUT2D eigenvalue weighted by atomic mass is 10.6. The van der Waals surface area contributed by atoms with Gasteiger partial charge in [-0.3, -0.25) is 0 Å². The van der Waals surface area contributed by atoms with Crippen molar-refractivity contribution in [1.82, 2.24) is 0 Å². The van der Waals surface area contributed by atoms with Gasteiger partial charge in [0.25, 0.3) is 0 Å². The molecule has 0 rings (SSSR count). The largest absolute Gasteiger partial charge is 0.394 e. The summed E-state index contributed by atoms with van der Waals surface area (Å²) < 4.78 is 63.2. The van der Waals surface area contributed by atoms with E-state index in [2.05, 4.69) is 11.3 Å². The Balaban J connectivity index is 0. The van der Waals surface area contributed by atoms with Gasteiger partial charge in [-0.15, -0.1) is 6.58 Å². The van der Waals surface area contributed by atoms with Crippen LogP contribution < -0.4 is 0 Å². The van der Waals surface area contributed by atoms with Crippen LogP contribution in [0.3, 0.4) is 0 Å². The van der Waals surface area contributed by atoms with Crippen molar-refractivity contribution in [1.29, 1.82) is 0 Å². The van der Waals surface area contributed by atoms with Crippen molar-refractivity contribution in [3.05, 3.63) is 12.7 Å². The van der Waals surface area contributed by atoms with Gasteiger partial charge in [-0.1, -0.05) is 6.08 Å². The van der Waals surface area contributed by atoms with Crippen LogP contribution in [0.5, 0.6) is 0 Å². The summed E-state index contributed by atoms with van der Waals surface area (Å²) >= 11 is 0. The Hall–Kier alpha value is -0.820. The standard InChI is InChI=1S/C24H50O13.C4H8O/c25-1-3-27-5-7-29-9-11-31-13-15-33-17-19-35-21-23-37-24-22-36-20-18-34-16-14-32-12-10-30-8-6-28-4-2-26;1-3-4-5-2/h25-26H,1-24H2;3H,1,4H2,2H3. The number of aliphatic hydroxyl groups is 2. The first-order valence-corrected chi connectivity index (χ1v) is 14.5. The van der Waals surface area contributed by atoms with Crippen molar-refractivity contribution >= 4 is 0 Å². The van der Waals surface area contributed by atoms with Crippen molar-refractivity contribution in [3.8, 4) is 0 Å². The summed E-state index contributed by atoms with van der Waals surface area (Å²) in [5.74, 6) is 0. The molecular formula is C28H58O14. The molecule has 2 N–H and O–H groups in total. The maximum atomic E-state index is 8.55. The Morgan fingerprint density at radius 1 is 0.357 bits per heavy atom. The highest BCUT2D eigenvalue weighted by atomic mass is 16.6. The van der Waals surface area contributed by atoms with Crippen LogP contribution in [0.2, 0.25) is 0 Å². The fraction of sp³-hybridized carbons (Fsp3) is 0.929. The molecule has 14 heteroatoms. The molecule has 0 fully saturated rings. The predicted octanol–water partition coefficient (Wildman–Crippen LogP) is -0.0276. The number of aliphatic hydroxyl groups excluding tert-OH is 2. The Morgan fingerprint density at radius 3 is 0.619 bits per heavy atom. The molecule has 0 heterocycles. The van der Waals surface area contributed by atoms with Gasteiger partial charge in [0.2, 0.25) is 0 Å². The first kappa shape index (κ1) is 43.3. The van der Waals surface area contributed by atoms with E-state index in [0.717, 1.165) is 0 Å². The number of ether oxygens (including phenoxy) is 12. The summed E-state index contributed by atoms with van der Waals surface area (Å²) in [5.41, 5.74) is 0. The van der Waals surface area contributed by atoms with Crippen LogP contribution in [-0.4, -0.2) is 182 Å². The molecule has 14 nitrogen and oxygen atoms in total. The fourth-order valence-electron chi connectivity index (χ4n) is 2.55. The second-order valence-electron chi connectivity index (χ2n) is 7.93. The minimum absolute atomic E-state index is 0.0253. The van der Waals surface area contributed by atoms with Crippen LogP contribution in [-0.2, 0) is 56.8 Å². The minimum atomic E-state index is 0.0253. The second kappa shape index (κ2) is 44.6. The summed E-state index contributed by atoms with van der Waals surface area (Å²) in [7, 11) is 1.64. The quantitative estimate of drug-likeness (QED) is 0.0714. The maximum Gasteiger partial charge on any atom is 0.0701 e. The molecule has 0 bridgehead atoms. The molecule has 0 radical (unpaired) electrons. The van der Waals surface area contributed by atoms with Crippen molar-refractivity contribution in [2.24, 2.45) is 0 Å². The average Bonchev–Trinajstić information content (AvgIpc) is 3.00. The molecule has 0 spiro atoms. The predicted molar refractivity (Wildman–Crippen MR) is 155 cm³/mol. The third kappa shape index (κ3) is 46.1. The average molecular weight is 619 g/mol. The third-order valence-electron chi connectivity index (χ3n) is 4.48. The molecule has 0 atom stereocenters. The zero-order valence-electron chi connectivity index (χ0n) is 25.8. The molecule has 0 saturated heterocycles. The normalized spacial score (nSPS) is 11.0. The van der Waals surface area contributed by atoms with E-state index < -0.39 is 0 Å². The van der Waals surface area contributed by atoms with Gasteiger partial charge in [0, 0.05) is 7.11 Å². The van der Waals surface area contributed by atoms with Crippen LogP contribution in [0.1, 0.15) is 0 Å². The molecule has 0 amide bonds. The molecule has 0 unspecified atom stereocenters. The lowest BCUT2D eigenvalue weighted by molar-refractivity contribution is -0.0281. The molecule has 0 saturated carbocycles. The summed E-state index contributed by atoms with van der Waals surface area (Å²) in [6.45, 7) is 14.8. The highest BCUT2D eigenvalue weighted by Gasteiger charge is 1.96. The topological polar surface area (TPSA) is 151 Å². The number of hydrogen-bond acceptors (Lipinski definition) is 14. The summed E-state index contributed by atoms with van der Waals surface area (Å²) in [4.78, 5) is 0. The zero-order valence-corrected chi connectivity index (χ0v) is 25.8. The first-order chi connectivity index (χ1) is 20.8. The monoisotopic (exact) mass is 618 g/mol. The van der Waals surface area contributed by atoms with E-state index in [0.29, 0.717) is 152 Å². The fourth-order valence-corrected chi connectivity index (χ4v) is 2.55. The van der Waals surface area contributed by atoms with Crippen LogP contribution in [0.25, 0.3) is 0 Å². The molecule has 0 aliphatic heterocycles. The minimum Gasteiger partial charge on any atom is -0.394 e. The Labute approximate surface area is 252 Å². The maximum absolute atomic E-state index is 8.55. The highest BCUT2D eigenvalue weighted by Crippen LogP contribution is 1.87. The van der Waals surface area contributed by atoms with Gasteiger partial charge < -0.3 is 67.1 Å². The summed E-state index contributed by atoms with van der Waals surface area (Å²) in [6, 6.07) is 0. The number of hydrogen-bond donors (Lipinski definition) is 2. The molecule has 0 aromatic rings. The highest BCUT2D eigenvalue weighted by molar-refractivity contribution is 4.62. The van der Waals surface area contributed by atoms with Gasteiger partial charge in [-0.25, -0.2) is 0 Å². The van der Waals surface area contributed by atoms with Crippen molar-refractivity contribution < 1.29 is 67.1 Å². The van der Waals surface area contributed by atoms with Crippen molar-refractivity contribution in [2.45, 2.75) is 0 Å². The molecule has 0 aromatic carbocycles. The van der Waals surface area contributed by atoms with E-state index >= 15 is 0 Å². The molecule has 0 aromatic heterocycles. The first-order valence-electron chi connectivity index (χ1n) is 14.5. The summed E-state index contributed by atoms with van der Waals surface area (Å²) in [5, 5.41) is 17.1. The van der Waals surface area contributed by atoms with Crippen LogP contribution in [0, 0.1) is 0 Å². The zero-order chi connectivity index (χ0) is 30.9. The van der Waals surface area contributed by atoms with Gasteiger partial charge in [-0.05, 0) is 0 Å². The SMILES string of the molecule is C=CCOC.OCCOCCOCCOCCOCCOCCOCCOCCOCCOCCOCCOCCO. The van der Waals surface area contributed by atoms with Crippen molar-refractivity contribution in [3.63, 3.8) is 0 Å². The Kier molecular flexibility index (Phi) is 46.0. The molecule has 0 aliphatic carbocycles. The number of rotatable bonds is 36. The van der Waals surface area contributed by atoms with Crippen molar-refractivity contribution in [2.75, 3.05) is 172 Å². The smallest absolute Gasteiger partial charge is 0.0701 e. The van der Waals surface area contributed by atoms with E-state index in [9.17, 15) is 0 Å². The van der Waals surface area contributed by atoms with E-state index in [4.69, 9.17) is 62.3 Å².